The van der Waals surface area contributed by atoms with Gasteiger partial charge in [-0.3, -0.25) is 4.79 Å². The highest BCUT2D eigenvalue weighted by atomic mass is 16.5. The standard InChI is InChI=1S/C19H21NO3/c1-3-23-18-7-5-4-6-16(18)14-20-19(21)13-10-15-8-11-17(22-2)12-9-15/h4-13H,3,14H2,1-2H3,(H,20,21)/b13-10+. The van der Waals surface area contributed by atoms with Crippen LogP contribution in [-0.4, -0.2) is 19.6 Å². The Bertz CT molecular complexity index is 663. The summed E-state index contributed by atoms with van der Waals surface area (Å²) < 4.78 is 10.6. The van der Waals surface area contributed by atoms with Gasteiger partial charge in [-0.25, -0.2) is 0 Å². The number of hydrogen-bond acceptors (Lipinski definition) is 3. The van der Waals surface area contributed by atoms with Crippen LogP contribution in [-0.2, 0) is 11.3 Å². The third-order valence-electron chi connectivity index (χ3n) is 3.27. The van der Waals surface area contributed by atoms with Crippen LogP contribution in [0.1, 0.15) is 18.1 Å². The molecule has 0 spiro atoms. The van der Waals surface area contributed by atoms with Crippen molar-refractivity contribution in [3.63, 3.8) is 0 Å². The molecular weight excluding hydrogens is 290 g/mol. The molecule has 0 heterocycles. The number of carbonyl (C=O) groups excluding carboxylic acids is 1. The van der Waals surface area contributed by atoms with Gasteiger partial charge in [0, 0.05) is 18.2 Å². The molecule has 0 fully saturated rings. The van der Waals surface area contributed by atoms with Crippen LogP contribution in [0.5, 0.6) is 11.5 Å². The number of para-hydroxylation sites is 1. The summed E-state index contributed by atoms with van der Waals surface area (Å²) in [5.74, 6) is 1.45. The minimum atomic E-state index is -0.146. The van der Waals surface area contributed by atoms with Crippen molar-refractivity contribution in [3.05, 3.63) is 65.7 Å². The largest absolute Gasteiger partial charge is 0.497 e. The van der Waals surface area contributed by atoms with E-state index in [2.05, 4.69) is 5.32 Å². The normalized spacial score (nSPS) is 10.5. The molecule has 0 atom stereocenters. The minimum absolute atomic E-state index is 0.146. The van der Waals surface area contributed by atoms with E-state index in [4.69, 9.17) is 9.47 Å². The molecule has 0 saturated heterocycles. The summed E-state index contributed by atoms with van der Waals surface area (Å²) in [6, 6.07) is 15.2. The van der Waals surface area contributed by atoms with Gasteiger partial charge in [-0.15, -0.1) is 0 Å². The van der Waals surface area contributed by atoms with Gasteiger partial charge in [-0.2, -0.15) is 0 Å². The van der Waals surface area contributed by atoms with Crippen molar-refractivity contribution < 1.29 is 14.3 Å². The number of benzene rings is 2. The van der Waals surface area contributed by atoms with Crippen molar-refractivity contribution in [2.45, 2.75) is 13.5 Å². The van der Waals surface area contributed by atoms with E-state index >= 15 is 0 Å². The molecule has 2 aromatic carbocycles. The van der Waals surface area contributed by atoms with E-state index in [1.807, 2.05) is 55.5 Å². The highest BCUT2D eigenvalue weighted by molar-refractivity contribution is 5.91. The summed E-state index contributed by atoms with van der Waals surface area (Å²) >= 11 is 0. The van der Waals surface area contributed by atoms with Gasteiger partial charge in [0.25, 0.3) is 0 Å². The fraction of sp³-hybridized carbons (Fsp3) is 0.211. The molecule has 0 aliphatic rings. The predicted octanol–water partition coefficient (Wildman–Crippen LogP) is 3.42. The van der Waals surface area contributed by atoms with Gasteiger partial charge in [0.2, 0.25) is 5.91 Å². The van der Waals surface area contributed by atoms with Crippen LogP contribution in [0, 0.1) is 0 Å². The van der Waals surface area contributed by atoms with Crippen LogP contribution in [0.25, 0.3) is 6.08 Å². The number of nitrogens with one attached hydrogen (secondary N) is 1. The lowest BCUT2D eigenvalue weighted by Gasteiger charge is -2.10. The maximum atomic E-state index is 11.9. The Morgan fingerprint density at radius 1 is 1.13 bits per heavy atom. The Balaban J connectivity index is 1.90. The van der Waals surface area contributed by atoms with Crippen LogP contribution >= 0.6 is 0 Å². The van der Waals surface area contributed by atoms with Gasteiger partial charge in [0.15, 0.2) is 0 Å². The highest BCUT2D eigenvalue weighted by Crippen LogP contribution is 2.17. The van der Waals surface area contributed by atoms with Crippen molar-refractivity contribution >= 4 is 12.0 Å². The van der Waals surface area contributed by atoms with E-state index in [1.54, 1.807) is 13.2 Å². The zero-order chi connectivity index (χ0) is 16.5. The first-order chi connectivity index (χ1) is 11.2. The van der Waals surface area contributed by atoms with Crippen molar-refractivity contribution in [1.29, 1.82) is 0 Å². The maximum absolute atomic E-state index is 11.9. The summed E-state index contributed by atoms with van der Waals surface area (Å²) in [6.45, 7) is 2.97. The monoisotopic (exact) mass is 311 g/mol. The van der Waals surface area contributed by atoms with E-state index in [1.165, 1.54) is 6.08 Å². The molecule has 0 bridgehead atoms. The van der Waals surface area contributed by atoms with Gasteiger partial charge in [-0.05, 0) is 36.8 Å². The molecule has 23 heavy (non-hydrogen) atoms. The van der Waals surface area contributed by atoms with Gasteiger partial charge in [-0.1, -0.05) is 30.3 Å². The second-order valence-corrected chi connectivity index (χ2v) is 4.87. The number of hydrogen-bond donors (Lipinski definition) is 1. The Hall–Kier alpha value is -2.75. The Kier molecular flexibility index (Phi) is 6.24. The molecule has 4 heteroatoms. The summed E-state index contributed by atoms with van der Waals surface area (Å²) in [5.41, 5.74) is 1.90. The van der Waals surface area contributed by atoms with E-state index in [0.717, 1.165) is 22.6 Å². The molecule has 0 aliphatic carbocycles. The second-order valence-electron chi connectivity index (χ2n) is 4.87. The minimum Gasteiger partial charge on any atom is -0.497 e. The van der Waals surface area contributed by atoms with Gasteiger partial charge < -0.3 is 14.8 Å². The van der Waals surface area contributed by atoms with Crippen molar-refractivity contribution in [1.82, 2.24) is 5.32 Å². The first-order valence-corrected chi connectivity index (χ1v) is 7.53. The lowest BCUT2D eigenvalue weighted by atomic mass is 10.2. The smallest absolute Gasteiger partial charge is 0.244 e. The van der Waals surface area contributed by atoms with E-state index < -0.39 is 0 Å². The first-order valence-electron chi connectivity index (χ1n) is 7.53. The number of methoxy groups -OCH3 is 1. The third-order valence-corrected chi connectivity index (χ3v) is 3.27. The molecule has 0 saturated carbocycles. The topological polar surface area (TPSA) is 47.6 Å². The van der Waals surface area contributed by atoms with Gasteiger partial charge >= 0.3 is 0 Å². The summed E-state index contributed by atoms with van der Waals surface area (Å²) in [5, 5.41) is 2.86. The van der Waals surface area contributed by atoms with E-state index in [0.29, 0.717) is 13.2 Å². The first kappa shape index (κ1) is 16.6. The van der Waals surface area contributed by atoms with Crippen molar-refractivity contribution in [3.8, 4) is 11.5 Å². The van der Waals surface area contributed by atoms with E-state index in [-0.39, 0.29) is 5.91 Å². The quantitative estimate of drug-likeness (QED) is 0.797. The molecule has 2 aromatic rings. The molecule has 1 amide bonds. The zero-order valence-corrected chi connectivity index (χ0v) is 13.4. The van der Waals surface area contributed by atoms with Crippen LogP contribution in [0.4, 0.5) is 0 Å². The molecule has 0 aliphatic heterocycles. The second kappa shape index (κ2) is 8.63. The van der Waals surface area contributed by atoms with Crippen molar-refractivity contribution in [2.24, 2.45) is 0 Å². The Morgan fingerprint density at radius 2 is 1.87 bits per heavy atom. The van der Waals surface area contributed by atoms with Gasteiger partial charge in [0.05, 0.1) is 13.7 Å². The third kappa shape index (κ3) is 5.18. The Labute approximate surface area is 136 Å². The highest BCUT2D eigenvalue weighted by Gasteiger charge is 2.03. The zero-order valence-electron chi connectivity index (χ0n) is 13.4. The molecule has 0 unspecified atom stereocenters. The number of rotatable bonds is 7. The fourth-order valence-corrected chi connectivity index (χ4v) is 2.07. The fourth-order valence-electron chi connectivity index (χ4n) is 2.07. The average molecular weight is 311 g/mol. The SMILES string of the molecule is CCOc1ccccc1CNC(=O)/C=C/c1ccc(OC)cc1. The van der Waals surface area contributed by atoms with Crippen LogP contribution < -0.4 is 14.8 Å². The lowest BCUT2D eigenvalue weighted by Crippen LogP contribution is -2.20. The maximum Gasteiger partial charge on any atom is 0.244 e. The molecule has 0 radical (unpaired) electrons. The molecule has 4 nitrogen and oxygen atoms in total. The van der Waals surface area contributed by atoms with Crippen LogP contribution in [0.2, 0.25) is 0 Å². The van der Waals surface area contributed by atoms with Gasteiger partial charge in [0.1, 0.15) is 11.5 Å². The van der Waals surface area contributed by atoms with Crippen molar-refractivity contribution in [2.75, 3.05) is 13.7 Å². The number of carbonyl (C=O) groups is 1. The number of amides is 1. The molecule has 120 valence electrons. The van der Waals surface area contributed by atoms with Crippen LogP contribution in [0.3, 0.4) is 0 Å². The summed E-state index contributed by atoms with van der Waals surface area (Å²) in [4.78, 5) is 11.9. The molecule has 2 rings (SSSR count). The summed E-state index contributed by atoms with van der Waals surface area (Å²) in [7, 11) is 1.62. The lowest BCUT2D eigenvalue weighted by molar-refractivity contribution is -0.116. The summed E-state index contributed by atoms with van der Waals surface area (Å²) in [6.07, 6.45) is 3.29. The van der Waals surface area contributed by atoms with Crippen LogP contribution in [0.15, 0.2) is 54.6 Å². The predicted molar refractivity (Wildman–Crippen MR) is 91.5 cm³/mol. The number of ether oxygens (including phenoxy) is 2. The molecular formula is C19H21NO3. The molecule has 1 N–H and O–H groups in total. The molecule has 0 aromatic heterocycles. The average Bonchev–Trinajstić information content (AvgIpc) is 2.60. The Morgan fingerprint density at radius 3 is 2.57 bits per heavy atom. The van der Waals surface area contributed by atoms with E-state index in [9.17, 15) is 4.79 Å².